The molecule has 3 aromatic carbocycles. The highest BCUT2D eigenvalue weighted by molar-refractivity contribution is 5.96. The summed E-state index contributed by atoms with van der Waals surface area (Å²) in [6.45, 7) is 8.51. The minimum atomic E-state index is -0.250. The van der Waals surface area contributed by atoms with Gasteiger partial charge >= 0.3 is 0 Å². The lowest BCUT2D eigenvalue weighted by atomic mass is 10.1. The molecule has 0 aliphatic carbocycles. The van der Waals surface area contributed by atoms with Crippen LogP contribution in [0.3, 0.4) is 0 Å². The fourth-order valence-corrected chi connectivity index (χ4v) is 5.62. The van der Waals surface area contributed by atoms with E-state index in [9.17, 15) is 14.4 Å². The molecule has 0 atom stereocenters. The molecule has 1 amide bonds. The third kappa shape index (κ3) is 7.41. The number of carbonyl (C=O) groups is 2. The fourth-order valence-electron chi connectivity index (χ4n) is 5.62. The molecule has 0 N–H and O–H groups in total. The van der Waals surface area contributed by atoms with E-state index in [1.165, 1.54) is 0 Å². The SMILES string of the molecule is Cc1ccc(OCC(=O)N2CCN(Cc3nc4ccccc4c(=O)n3-c3cc(C(=O)Cn4ccnc4)ccc3OC(C)C)CC2)cc1. The van der Waals surface area contributed by atoms with Crippen molar-refractivity contribution in [3.8, 4) is 17.2 Å². The zero-order valence-electron chi connectivity index (χ0n) is 26.8. The van der Waals surface area contributed by atoms with Crippen LogP contribution in [0.25, 0.3) is 16.6 Å². The third-order valence-electron chi connectivity index (χ3n) is 8.09. The molecule has 0 unspecified atom stereocenters. The molecule has 0 radical (unpaired) electrons. The van der Waals surface area contributed by atoms with E-state index >= 15 is 0 Å². The lowest BCUT2D eigenvalue weighted by Crippen LogP contribution is -2.50. The lowest BCUT2D eigenvalue weighted by Gasteiger charge is -2.34. The Labute approximate surface area is 273 Å². The maximum atomic E-state index is 14.2. The Morgan fingerprint density at radius 2 is 1.72 bits per heavy atom. The minimum Gasteiger partial charge on any atom is -0.489 e. The number of hydrogen-bond donors (Lipinski definition) is 0. The first-order chi connectivity index (χ1) is 22.7. The number of carbonyl (C=O) groups excluding carboxylic acids is 2. The number of piperazine rings is 1. The molecular formula is C36H38N6O5. The molecule has 6 rings (SSSR count). The molecule has 3 heterocycles. The molecule has 0 saturated carbocycles. The molecule has 2 aromatic heterocycles. The van der Waals surface area contributed by atoms with E-state index in [1.54, 1.807) is 57.0 Å². The van der Waals surface area contributed by atoms with Gasteiger partial charge in [-0.3, -0.25) is 23.9 Å². The first-order valence-electron chi connectivity index (χ1n) is 15.8. The summed E-state index contributed by atoms with van der Waals surface area (Å²) in [5.41, 5.74) is 2.36. The molecule has 0 bridgehead atoms. The summed E-state index contributed by atoms with van der Waals surface area (Å²) in [5, 5.41) is 0.464. The predicted octanol–water partition coefficient (Wildman–Crippen LogP) is 4.28. The second kappa shape index (κ2) is 14.0. The van der Waals surface area contributed by atoms with Gasteiger partial charge in [0, 0.05) is 44.1 Å². The Hall–Kier alpha value is -5.29. The monoisotopic (exact) mass is 634 g/mol. The number of aryl methyl sites for hydroxylation is 1. The van der Waals surface area contributed by atoms with E-state index in [4.69, 9.17) is 14.5 Å². The van der Waals surface area contributed by atoms with E-state index in [1.807, 2.05) is 63.2 Å². The van der Waals surface area contributed by atoms with E-state index in [2.05, 4.69) is 9.88 Å². The number of fused-ring (bicyclic) bond motifs is 1. The number of hydrogen-bond acceptors (Lipinski definition) is 8. The predicted molar refractivity (Wildman–Crippen MR) is 178 cm³/mol. The zero-order chi connectivity index (χ0) is 32.9. The fraction of sp³-hybridized carbons (Fsp3) is 0.306. The van der Waals surface area contributed by atoms with Gasteiger partial charge in [0.15, 0.2) is 12.4 Å². The first-order valence-corrected chi connectivity index (χ1v) is 15.8. The van der Waals surface area contributed by atoms with Gasteiger partial charge in [-0.25, -0.2) is 9.97 Å². The smallest absolute Gasteiger partial charge is 0.266 e. The molecule has 1 aliphatic rings. The number of imidazole rings is 1. The molecule has 1 fully saturated rings. The van der Waals surface area contributed by atoms with Crippen LogP contribution < -0.4 is 15.0 Å². The highest BCUT2D eigenvalue weighted by Gasteiger charge is 2.25. The van der Waals surface area contributed by atoms with Gasteiger partial charge < -0.3 is 18.9 Å². The molecule has 242 valence electrons. The van der Waals surface area contributed by atoms with E-state index in [0.717, 1.165) is 5.56 Å². The van der Waals surface area contributed by atoms with Crippen LogP contribution in [0.15, 0.2) is 90.2 Å². The van der Waals surface area contributed by atoms with Crippen molar-refractivity contribution in [1.29, 1.82) is 0 Å². The summed E-state index contributed by atoms with van der Waals surface area (Å²) in [6.07, 6.45) is 4.78. The number of benzene rings is 3. The second-order valence-electron chi connectivity index (χ2n) is 12.0. The van der Waals surface area contributed by atoms with Crippen LogP contribution in [0.5, 0.6) is 11.5 Å². The summed E-state index contributed by atoms with van der Waals surface area (Å²) in [6, 6.07) is 20.0. The van der Waals surface area contributed by atoms with Gasteiger partial charge in [-0.1, -0.05) is 29.8 Å². The molecule has 1 saturated heterocycles. The molecule has 11 heteroatoms. The van der Waals surface area contributed by atoms with Crippen LogP contribution in [0, 0.1) is 6.92 Å². The normalized spacial score (nSPS) is 13.7. The first kappa shape index (κ1) is 31.7. The van der Waals surface area contributed by atoms with E-state index < -0.39 is 0 Å². The topological polar surface area (TPSA) is 112 Å². The molecule has 0 spiro atoms. The number of para-hydroxylation sites is 1. The summed E-state index contributed by atoms with van der Waals surface area (Å²) >= 11 is 0. The largest absolute Gasteiger partial charge is 0.489 e. The Morgan fingerprint density at radius 1 is 0.957 bits per heavy atom. The van der Waals surface area contributed by atoms with Gasteiger partial charge in [-0.2, -0.15) is 0 Å². The molecule has 5 aromatic rings. The summed E-state index contributed by atoms with van der Waals surface area (Å²) in [7, 11) is 0. The Kier molecular flexibility index (Phi) is 9.44. The quantitative estimate of drug-likeness (QED) is 0.198. The number of nitrogens with zero attached hydrogens (tertiary/aromatic N) is 6. The van der Waals surface area contributed by atoms with Crippen LogP contribution in [-0.2, 0) is 17.9 Å². The Morgan fingerprint density at radius 3 is 2.45 bits per heavy atom. The van der Waals surface area contributed by atoms with Crippen molar-refractivity contribution in [3.63, 3.8) is 0 Å². The second-order valence-corrected chi connectivity index (χ2v) is 12.0. The third-order valence-corrected chi connectivity index (χ3v) is 8.09. The van der Waals surface area contributed by atoms with Crippen LogP contribution in [0.4, 0.5) is 0 Å². The maximum absolute atomic E-state index is 14.2. The number of aromatic nitrogens is 4. The summed E-state index contributed by atoms with van der Waals surface area (Å²) in [5.74, 6) is 1.46. The summed E-state index contributed by atoms with van der Waals surface area (Å²) in [4.78, 5) is 53.4. The van der Waals surface area contributed by atoms with E-state index in [0.29, 0.717) is 72.2 Å². The zero-order valence-corrected chi connectivity index (χ0v) is 26.8. The lowest BCUT2D eigenvalue weighted by molar-refractivity contribution is -0.135. The van der Waals surface area contributed by atoms with Crippen molar-refractivity contribution in [2.24, 2.45) is 0 Å². The number of ether oxygens (including phenoxy) is 2. The number of rotatable bonds is 11. The van der Waals surface area contributed by atoms with E-state index in [-0.39, 0.29) is 36.5 Å². The van der Waals surface area contributed by atoms with Gasteiger partial charge in [0.1, 0.15) is 17.3 Å². The van der Waals surface area contributed by atoms with Gasteiger partial charge in [0.05, 0.1) is 42.1 Å². The van der Waals surface area contributed by atoms with Crippen molar-refractivity contribution in [1.82, 2.24) is 28.9 Å². The number of ketones is 1. The Balaban J connectivity index is 1.27. The maximum Gasteiger partial charge on any atom is 0.266 e. The highest BCUT2D eigenvalue weighted by atomic mass is 16.5. The van der Waals surface area contributed by atoms with Gasteiger partial charge in [-0.05, 0) is 63.2 Å². The van der Waals surface area contributed by atoms with Crippen molar-refractivity contribution >= 4 is 22.6 Å². The highest BCUT2D eigenvalue weighted by Crippen LogP contribution is 2.27. The summed E-state index contributed by atoms with van der Waals surface area (Å²) < 4.78 is 15.2. The number of Topliss-reactive ketones (excluding diaryl/α,β-unsaturated/α-hetero) is 1. The van der Waals surface area contributed by atoms with Crippen LogP contribution in [-0.4, -0.2) is 79.5 Å². The average Bonchev–Trinajstić information content (AvgIpc) is 3.58. The van der Waals surface area contributed by atoms with Crippen LogP contribution >= 0.6 is 0 Å². The Bertz CT molecular complexity index is 1930. The van der Waals surface area contributed by atoms with Gasteiger partial charge in [-0.15, -0.1) is 0 Å². The molecule has 11 nitrogen and oxygen atoms in total. The average molecular weight is 635 g/mol. The minimum absolute atomic E-state index is 0.0244. The van der Waals surface area contributed by atoms with Crippen molar-refractivity contribution in [2.45, 2.75) is 40.0 Å². The molecule has 1 aliphatic heterocycles. The van der Waals surface area contributed by atoms with Crippen molar-refractivity contribution in [2.75, 3.05) is 32.8 Å². The van der Waals surface area contributed by atoms with Crippen LogP contribution in [0.2, 0.25) is 0 Å². The standard InChI is InChI=1S/C36H38N6O5/c1-25(2)47-33-13-10-27(32(43)21-40-15-14-37-24-40)20-31(33)42-34(38-30-7-5-4-6-29(30)36(42)45)22-39-16-18-41(19-17-39)35(44)23-46-28-11-8-26(3)9-12-28/h4-15,20,24-25H,16-19,21-23H2,1-3H3. The molecule has 47 heavy (non-hydrogen) atoms. The molecular weight excluding hydrogens is 596 g/mol. The van der Waals surface area contributed by atoms with Crippen molar-refractivity contribution < 1.29 is 19.1 Å². The number of amides is 1. The van der Waals surface area contributed by atoms with Crippen molar-refractivity contribution in [3.05, 3.63) is 113 Å². The van der Waals surface area contributed by atoms with Gasteiger partial charge in [0.25, 0.3) is 11.5 Å². The van der Waals surface area contributed by atoms with Gasteiger partial charge in [0.2, 0.25) is 0 Å². The van der Waals surface area contributed by atoms with Crippen LogP contribution in [0.1, 0.15) is 35.6 Å².